The maximum absolute atomic E-state index is 12.9. The van der Waals surface area contributed by atoms with Crippen LogP contribution >= 0.6 is 11.3 Å². The number of hydrogen-bond donors (Lipinski definition) is 0. The molecule has 1 aliphatic heterocycles. The van der Waals surface area contributed by atoms with Crippen molar-refractivity contribution in [3.05, 3.63) is 56.9 Å². The smallest absolute Gasteiger partial charge is 0.293 e. The molecular weight excluding hydrogens is 432 g/mol. The van der Waals surface area contributed by atoms with E-state index >= 15 is 0 Å². The van der Waals surface area contributed by atoms with Crippen LogP contribution in [0.1, 0.15) is 10.4 Å². The van der Waals surface area contributed by atoms with Crippen molar-refractivity contribution < 1.29 is 19.2 Å². The van der Waals surface area contributed by atoms with Gasteiger partial charge in [0.2, 0.25) is 0 Å². The second-order valence-corrected chi connectivity index (χ2v) is 7.99. The summed E-state index contributed by atoms with van der Waals surface area (Å²) in [6.45, 7) is 2.33. The van der Waals surface area contributed by atoms with Gasteiger partial charge < -0.3 is 18.9 Å². The topological polar surface area (TPSA) is 99.2 Å². The number of ether oxygens (including phenoxy) is 2. The standard InChI is InChI=1S/C22H20N4O5S/c1-3-8-25-18-7-5-16(30-2)14-20(18)32-22(25)23-21(27)15-4-6-17(19(13-15)26(28)29)24-9-11-31-12-10-24/h1,4-7,13-14H,8-12H2,2H3. The highest BCUT2D eigenvalue weighted by atomic mass is 32.1. The summed E-state index contributed by atoms with van der Waals surface area (Å²) >= 11 is 1.30. The lowest BCUT2D eigenvalue weighted by Gasteiger charge is -2.28. The zero-order chi connectivity index (χ0) is 22.7. The summed E-state index contributed by atoms with van der Waals surface area (Å²) in [7, 11) is 1.58. The molecule has 0 unspecified atom stereocenters. The molecule has 10 heteroatoms. The van der Waals surface area contributed by atoms with Gasteiger partial charge in [-0.3, -0.25) is 14.9 Å². The molecule has 4 rings (SSSR count). The Morgan fingerprint density at radius 2 is 2.09 bits per heavy atom. The number of nitrogens with zero attached hydrogens (tertiary/aromatic N) is 4. The molecule has 0 radical (unpaired) electrons. The monoisotopic (exact) mass is 452 g/mol. The molecule has 2 heterocycles. The second-order valence-electron chi connectivity index (χ2n) is 6.99. The average molecular weight is 452 g/mol. The predicted octanol–water partition coefficient (Wildman–Crippen LogP) is 2.83. The molecule has 1 aromatic heterocycles. The van der Waals surface area contributed by atoms with Gasteiger partial charge in [0.15, 0.2) is 4.80 Å². The summed E-state index contributed by atoms with van der Waals surface area (Å²) in [5.41, 5.74) is 1.29. The van der Waals surface area contributed by atoms with Crippen LogP contribution in [0.3, 0.4) is 0 Å². The SMILES string of the molecule is C#CCn1c(=NC(=O)c2ccc(N3CCOCC3)c([N+](=O)[O-])c2)sc2cc(OC)ccc21. The van der Waals surface area contributed by atoms with Crippen LogP contribution in [0.5, 0.6) is 5.75 Å². The molecule has 164 valence electrons. The number of anilines is 1. The van der Waals surface area contributed by atoms with Gasteiger partial charge in [-0.25, -0.2) is 0 Å². The number of hydrogen-bond acceptors (Lipinski definition) is 7. The second kappa shape index (κ2) is 9.21. The third-order valence-corrected chi connectivity index (χ3v) is 6.15. The molecule has 0 spiro atoms. The van der Waals surface area contributed by atoms with Crippen molar-refractivity contribution in [3.8, 4) is 18.1 Å². The fourth-order valence-corrected chi connectivity index (χ4v) is 4.59. The van der Waals surface area contributed by atoms with E-state index in [0.29, 0.717) is 42.5 Å². The fraction of sp³-hybridized carbons (Fsp3) is 0.273. The number of methoxy groups -OCH3 is 1. The van der Waals surface area contributed by atoms with E-state index in [1.54, 1.807) is 29.9 Å². The van der Waals surface area contributed by atoms with E-state index in [2.05, 4.69) is 10.9 Å². The van der Waals surface area contributed by atoms with Crippen LogP contribution in [0.2, 0.25) is 0 Å². The van der Waals surface area contributed by atoms with Crippen LogP contribution in [0, 0.1) is 22.5 Å². The van der Waals surface area contributed by atoms with E-state index in [9.17, 15) is 14.9 Å². The van der Waals surface area contributed by atoms with Gasteiger partial charge in [0.25, 0.3) is 11.6 Å². The van der Waals surface area contributed by atoms with Gasteiger partial charge in [0.05, 0.1) is 42.0 Å². The van der Waals surface area contributed by atoms with Gasteiger partial charge in [0, 0.05) is 24.7 Å². The minimum absolute atomic E-state index is 0.134. The molecule has 1 amide bonds. The number of morpholine rings is 1. The maximum atomic E-state index is 12.9. The number of carbonyl (C=O) groups excluding carboxylic acids is 1. The molecule has 9 nitrogen and oxygen atoms in total. The Kier molecular flexibility index (Phi) is 6.20. The highest BCUT2D eigenvalue weighted by molar-refractivity contribution is 7.16. The van der Waals surface area contributed by atoms with Crippen molar-refractivity contribution in [3.63, 3.8) is 0 Å². The summed E-state index contributed by atoms with van der Waals surface area (Å²) in [5.74, 6) is 2.68. The summed E-state index contributed by atoms with van der Waals surface area (Å²) in [5, 5.41) is 11.7. The molecule has 0 saturated carbocycles. The van der Waals surface area contributed by atoms with Crippen LogP contribution < -0.4 is 14.4 Å². The minimum Gasteiger partial charge on any atom is -0.497 e. The first-order valence-corrected chi connectivity index (χ1v) is 10.6. The Morgan fingerprint density at radius 3 is 2.78 bits per heavy atom. The van der Waals surface area contributed by atoms with Gasteiger partial charge >= 0.3 is 0 Å². The molecule has 0 bridgehead atoms. The van der Waals surface area contributed by atoms with E-state index in [4.69, 9.17) is 15.9 Å². The third kappa shape index (κ3) is 4.21. The van der Waals surface area contributed by atoms with Crippen molar-refractivity contribution in [1.82, 2.24) is 4.57 Å². The number of nitro benzene ring substituents is 1. The first-order valence-electron chi connectivity index (χ1n) is 9.83. The molecule has 3 aromatic rings. The van der Waals surface area contributed by atoms with E-state index in [0.717, 1.165) is 10.2 Å². The van der Waals surface area contributed by atoms with Crippen molar-refractivity contribution in [2.75, 3.05) is 38.3 Å². The lowest BCUT2D eigenvalue weighted by Crippen LogP contribution is -2.36. The maximum Gasteiger partial charge on any atom is 0.293 e. The Hall–Kier alpha value is -3.68. The average Bonchev–Trinajstić information content (AvgIpc) is 3.15. The van der Waals surface area contributed by atoms with Gasteiger partial charge in [-0.2, -0.15) is 4.99 Å². The molecule has 1 saturated heterocycles. The van der Waals surface area contributed by atoms with Gasteiger partial charge in [0.1, 0.15) is 11.4 Å². The van der Waals surface area contributed by atoms with Crippen molar-refractivity contribution >= 4 is 38.8 Å². The molecule has 32 heavy (non-hydrogen) atoms. The molecule has 2 aromatic carbocycles. The molecule has 0 atom stereocenters. The Morgan fingerprint density at radius 1 is 1.31 bits per heavy atom. The van der Waals surface area contributed by atoms with Gasteiger partial charge in [-0.15, -0.1) is 6.42 Å². The van der Waals surface area contributed by atoms with E-state index < -0.39 is 10.8 Å². The van der Waals surface area contributed by atoms with Crippen molar-refractivity contribution in [1.29, 1.82) is 0 Å². The van der Waals surface area contributed by atoms with E-state index in [1.165, 1.54) is 17.4 Å². The minimum atomic E-state index is -0.578. The number of rotatable bonds is 5. The largest absolute Gasteiger partial charge is 0.497 e. The molecule has 1 fully saturated rings. The lowest BCUT2D eigenvalue weighted by molar-refractivity contribution is -0.384. The highest BCUT2D eigenvalue weighted by Gasteiger charge is 2.23. The number of amides is 1. The van der Waals surface area contributed by atoms with Gasteiger partial charge in [-0.05, 0) is 30.3 Å². The first kappa shape index (κ1) is 21.5. The quantitative estimate of drug-likeness (QED) is 0.335. The number of carbonyl (C=O) groups is 1. The van der Waals surface area contributed by atoms with Crippen LogP contribution in [-0.2, 0) is 11.3 Å². The summed E-state index contributed by atoms with van der Waals surface area (Å²) in [4.78, 5) is 30.7. The number of terminal acetylenes is 1. The highest BCUT2D eigenvalue weighted by Crippen LogP contribution is 2.30. The predicted molar refractivity (Wildman–Crippen MR) is 121 cm³/mol. The Labute approximate surface area is 187 Å². The number of thiazole rings is 1. The summed E-state index contributed by atoms with van der Waals surface area (Å²) in [6, 6.07) is 9.94. The number of fused-ring (bicyclic) bond motifs is 1. The summed E-state index contributed by atoms with van der Waals surface area (Å²) < 4.78 is 13.2. The third-order valence-electron chi connectivity index (χ3n) is 5.11. The van der Waals surface area contributed by atoms with E-state index in [1.807, 2.05) is 17.0 Å². The van der Waals surface area contributed by atoms with E-state index in [-0.39, 0.29) is 17.8 Å². The number of nitro groups is 1. The first-order chi connectivity index (χ1) is 15.5. The number of benzene rings is 2. The van der Waals surface area contributed by atoms with Crippen LogP contribution in [0.4, 0.5) is 11.4 Å². The van der Waals surface area contributed by atoms with Crippen molar-refractivity contribution in [2.24, 2.45) is 4.99 Å². The molecular formula is C22H20N4O5S. The Balaban J connectivity index is 1.75. The molecule has 0 N–H and O–H groups in total. The summed E-state index contributed by atoms with van der Waals surface area (Å²) in [6.07, 6.45) is 5.51. The Bertz CT molecular complexity index is 1300. The molecule has 0 aliphatic carbocycles. The molecule has 1 aliphatic rings. The fourth-order valence-electron chi connectivity index (χ4n) is 3.54. The zero-order valence-corrected chi connectivity index (χ0v) is 18.1. The lowest BCUT2D eigenvalue weighted by atomic mass is 10.1. The van der Waals surface area contributed by atoms with Gasteiger partial charge in [-0.1, -0.05) is 17.3 Å². The van der Waals surface area contributed by atoms with Crippen molar-refractivity contribution in [2.45, 2.75) is 6.54 Å². The van der Waals surface area contributed by atoms with Crippen LogP contribution in [0.15, 0.2) is 41.4 Å². The number of aromatic nitrogens is 1. The van der Waals surface area contributed by atoms with Crippen LogP contribution in [0.25, 0.3) is 10.2 Å². The zero-order valence-electron chi connectivity index (χ0n) is 17.3. The normalized spacial score (nSPS) is 14.4. The van der Waals surface area contributed by atoms with Crippen LogP contribution in [-0.4, -0.2) is 48.8 Å².